The molecule has 0 aliphatic carbocycles. The van der Waals surface area contributed by atoms with Gasteiger partial charge in [0.15, 0.2) is 0 Å². The van der Waals surface area contributed by atoms with Crippen molar-refractivity contribution >= 4 is 17.5 Å². The fourth-order valence-corrected chi connectivity index (χ4v) is 1.54. The number of ether oxygens (including phenoxy) is 1. The van der Waals surface area contributed by atoms with Gasteiger partial charge < -0.3 is 15.4 Å². The van der Waals surface area contributed by atoms with Gasteiger partial charge in [-0.05, 0) is 25.1 Å². The van der Waals surface area contributed by atoms with Crippen molar-refractivity contribution in [2.75, 3.05) is 32.1 Å². The smallest absolute Gasteiger partial charge is 0.238 e. The van der Waals surface area contributed by atoms with Crippen LogP contribution in [0.3, 0.4) is 0 Å². The molecular weight excluding hydrogens is 277 g/mol. The molecule has 0 aromatic heterocycles. The van der Waals surface area contributed by atoms with E-state index in [-0.39, 0.29) is 18.4 Å². The maximum absolute atomic E-state index is 13.0. The number of amides is 2. The Morgan fingerprint density at radius 3 is 2.81 bits per heavy atom. The van der Waals surface area contributed by atoms with Gasteiger partial charge >= 0.3 is 0 Å². The molecule has 116 valence electrons. The van der Waals surface area contributed by atoms with Gasteiger partial charge in [0.05, 0.1) is 19.2 Å². The van der Waals surface area contributed by atoms with E-state index >= 15 is 0 Å². The average Bonchev–Trinajstić information content (AvgIpc) is 2.45. The summed E-state index contributed by atoms with van der Waals surface area (Å²) in [4.78, 5) is 23.3. The summed E-state index contributed by atoms with van der Waals surface area (Å²) >= 11 is 0. The molecule has 6 nitrogen and oxygen atoms in total. The highest BCUT2D eigenvalue weighted by Gasteiger charge is 2.13. The van der Waals surface area contributed by atoms with Crippen molar-refractivity contribution in [1.29, 1.82) is 0 Å². The lowest BCUT2D eigenvalue weighted by atomic mass is 10.3. The third kappa shape index (κ3) is 6.82. The van der Waals surface area contributed by atoms with Gasteiger partial charge in [-0.2, -0.15) is 0 Å². The monoisotopic (exact) mass is 297 g/mol. The Morgan fingerprint density at radius 2 is 2.14 bits per heavy atom. The van der Waals surface area contributed by atoms with Crippen LogP contribution < -0.4 is 16.0 Å². The Kier molecular flexibility index (Phi) is 7.34. The van der Waals surface area contributed by atoms with Crippen molar-refractivity contribution < 1.29 is 18.7 Å². The van der Waals surface area contributed by atoms with Crippen LogP contribution in [0.2, 0.25) is 0 Å². The Labute approximate surface area is 123 Å². The second-order valence-electron chi connectivity index (χ2n) is 4.44. The molecular formula is C14H20FN3O3. The van der Waals surface area contributed by atoms with Gasteiger partial charge in [-0.15, -0.1) is 0 Å². The molecule has 7 heteroatoms. The summed E-state index contributed by atoms with van der Waals surface area (Å²) in [7, 11) is 1.55. The Balaban J connectivity index is 2.30. The summed E-state index contributed by atoms with van der Waals surface area (Å²) in [6.07, 6.45) is 0. The van der Waals surface area contributed by atoms with Crippen LogP contribution in [0.5, 0.6) is 0 Å². The summed E-state index contributed by atoms with van der Waals surface area (Å²) in [6, 6.07) is 5.09. The molecule has 0 heterocycles. The maximum Gasteiger partial charge on any atom is 0.238 e. The molecule has 0 saturated carbocycles. The van der Waals surface area contributed by atoms with E-state index < -0.39 is 11.9 Å². The van der Waals surface area contributed by atoms with Crippen LogP contribution in [-0.4, -0.2) is 44.7 Å². The van der Waals surface area contributed by atoms with E-state index in [2.05, 4.69) is 16.0 Å². The SMILES string of the molecule is COCCNC(=O)C(C)NCC(=O)Nc1cccc(F)c1. The van der Waals surface area contributed by atoms with Gasteiger partial charge in [0.25, 0.3) is 0 Å². The molecule has 1 atom stereocenters. The second-order valence-corrected chi connectivity index (χ2v) is 4.44. The average molecular weight is 297 g/mol. The molecule has 3 N–H and O–H groups in total. The van der Waals surface area contributed by atoms with Crippen molar-refractivity contribution in [3.05, 3.63) is 30.1 Å². The first kappa shape index (κ1) is 17.1. The zero-order valence-electron chi connectivity index (χ0n) is 12.1. The molecule has 1 aromatic rings. The molecule has 2 amide bonds. The lowest BCUT2D eigenvalue weighted by molar-refractivity contribution is -0.123. The molecule has 0 radical (unpaired) electrons. The van der Waals surface area contributed by atoms with Crippen LogP contribution in [0.1, 0.15) is 6.92 Å². The van der Waals surface area contributed by atoms with Crippen LogP contribution in [0.25, 0.3) is 0 Å². The first-order valence-corrected chi connectivity index (χ1v) is 6.58. The third-order valence-corrected chi connectivity index (χ3v) is 2.68. The van der Waals surface area contributed by atoms with E-state index in [1.54, 1.807) is 20.1 Å². The highest BCUT2D eigenvalue weighted by atomic mass is 19.1. The maximum atomic E-state index is 13.0. The standard InChI is InChI=1S/C14H20FN3O3/c1-10(14(20)16-6-7-21-2)17-9-13(19)18-12-5-3-4-11(15)8-12/h3-5,8,10,17H,6-7,9H2,1-2H3,(H,16,20)(H,18,19). The van der Waals surface area contributed by atoms with E-state index in [1.807, 2.05) is 0 Å². The summed E-state index contributed by atoms with van der Waals surface area (Å²) in [5.41, 5.74) is 0.374. The van der Waals surface area contributed by atoms with Crippen LogP contribution in [-0.2, 0) is 14.3 Å². The van der Waals surface area contributed by atoms with Gasteiger partial charge in [-0.1, -0.05) is 6.07 Å². The lowest BCUT2D eigenvalue weighted by Gasteiger charge is -2.13. The molecule has 0 saturated heterocycles. The highest BCUT2D eigenvalue weighted by Crippen LogP contribution is 2.08. The van der Waals surface area contributed by atoms with Crippen LogP contribution in [0.4, 0.5) is 10.1 Å². The van der Waals surface area contributed by atoms with Crippen LogP contribution in [0, 0.1) is 5.82 Å². The lowest BCUT2D eigenvalue weighted by Crippen LogP contribution is -2.45. The highest BCUT2D eigenvalue weighted by molar-refractivity contribution is 5.92. The number of hydrogen-bond acceptors (Lipinski definition) is 4. The summed E-state index contributed by atoms with van der Waals surface area (Å²) in [6.45, 7) is 2.45. The molecule has 0 spiro atoms. The number of anilines is 1. The van der Waals surface area contributed by atoms with Gasteiger partial charge in [0.1, 0.15) is 5.82 Å². The number of hydrogen-bond donors (Lipinski definition) is 3. The van der Waals surface area contributed by atoms with Gasteiger partial charge in [-0.25, -0.2) is 4.39 Å². The third-order valence-electron chi connectivity index (χ3n) is 2.68. The first-order chi connectivity index (χ1) is 10.0. The van der Waals surface area contributed by atoms with E-state index in [9.17, 15) is 14.0 Å². The quantitative estimate of drug-likeness (QED) is 0.611. The molecule has 0 aliphatic heterocycles. The number of methoxy groups -OCH3 is 1. The minimum atomic E-state index is -0.514. The number of rotatable bonds is 8. The number of halogens is 1. The Bertz CT molecular complexity index is 482. The Hall–Kier alpha value is -1.99. The number of carbonyl (C=O) groups is 2. The van der Waals surface area contributed by atoms with Gasteiger partial charge in [-0.3, -0.25) is 14.9 Å². The topological polar surface area (TPSA) is 79.5 Å². The number of benzene rings is 1. The molecule has 1 unspecified atom stereocenters. The zero-order chi connectivity index (χ0) is 15.7. The fraction of sp³-hybridized carbons (Fsp3) is 0.429. The Morgan fingerprint density at radius 1 is 1.38 bits per heavy atom. The summed E-state index contributed by atoms with van der Waals surface area (Å²) < 4.78 is 17.8. The molecule has 1 rings (SSSR count). The van der Waals surface area contributed by atoms with E-state index in [1.165, 1.54) is 18.2 Å². The normalized spacial score (nSPS) is 11.8. The van der Waals surface area contributed by atoms with Crippen molar-refractivity contribution in [2.45, 2.75) is 13.0 Å². The van der Waals surface area contributed by atoms with Crippen LogP contribution in [0.15, 0.2) is 24.3 Å². The zero-order valence-corrected chi connectivity index (χ0v) is 12.1. The van der Waals surface area contributed by atoms with E-state index in [4.69, 9.17) is 4.74 Å². The number of nitrogens with one attached hydrogen (secondary N) is 3. The molecule has 0 aliphatic rings. The molecule has 0 bridgehead atoms. The van der Waals surface area contributed by atoms with Crippen molar-refractivity contribution in [3.63, 3.8) is 0 Å². The molecule has 21 heavy (non-hydrogen) atoms. The van der Waals surface area contributed by atoms with Gasteiger partial charge in [0, 0.05) is 19.3 Å². The largest absolute Gasteiger partial charge is 0.383 e. The van der Waals surface area contributed by atoms with Crippen molar-refractivity contribution in [3.8, 4) is 0 Å². The predicted molar refractivity (Wildman–Crippen MR) is 77.4 cm³/mol. The van der Waals surface area contributed by atoms with E-state index in [0.717, 1.165) is 0 Å². The minimum absolute atomic E-state index is 0.0463. The minimum Gasteiger partial charge on any atom is -0.383 e. The van der Waals surface area contributed by atoms with Crippen molar-refractivity contribution in [2.24, 2.45) is 0 Å². The second kappa shape index (κ2) is 9.04. The number of carbonyl (C=O) groups excluding carboxylic acids is 2. The fourth-order valence-electron chi connectivity index (χ4n) is 1.54. The van der Waals surface area contributed by atoms with Crippen molar-refractivity contribution in [1.82, 2.24) is 10.6 Å². The van der Waals surface area contributed by atoms with E-state index in [0.29, 0.717) is 18.8 Å². The molecule has 0 fully saturated rings. The summed E-state index contributed by atoms with van der Waals surface area (Å²) in [5, 5.41) is 7.98. The van der Waals surface area contributed by atoms with Crippen LogP contribution >= 0.6 is 0 Å². The first-order valence-electron chi connectivity index (χ1n) is 6.58. The predicted octanol–water partition coefficient (Wildman–Crippen LogP) is 0.505. The molecule has 1 aromatic carbocycles. The van der Waals surface area contributed by atoms with Gasteiger partial charge in [0.2, 0.25) is 11.8 Å². The summed E-state index contributed by atoms with van der Waals surface area (Å²) in [5.74, 6) is -0.991.